The second-order valence-corrected chi connectivity index (χ2v) is 2.12. The van der Waals surface area contributed by atoms with Gasteiger partial charge in [-0.1, -0.05) is 39.0 Å². The maximum atomic E-state index is 9.89. The fourth-order valence-corrected chi connectivity index (χ4v) is 0.706. The van der Waals surface area contributed by atoms with Crippen molar-refractivity contribution in [2.45, 2.75) is 39.0 Å². The molecule has 0 saturated carbocycles. The molecule has 0 heterocycles. The average molecular weight is 144 g/mol. The van der Waals surface area contributed by atoms with Gasteiger partial charge in [0.2, 0.25) is 0 Å². The molecule has 0 atom stereocenters. The van der Waals surface area contributed by atoms with Gasteiger partial charge in [0.05, 0.1) is 0 Å². The summed E-state index contributed by atoms with van der Waals surface area (Å²) in [5, 5.41) is 9.89. The predicted octanol–water partition coefficient (Wildman–Crippen LogP) is -4.22. The number of rotatable bonds is 5. The van der Waals surface area contributed by atoms with Gasteiger partial charge in [-0.25, -0.2) is 0 Å². The molecule has 0 aromatic rings. The maximum absolute atomic E-state index is 9.89. The van der Waals surface area contributed by atoms with Crippen molar-refractivity contribution < 1.29 is 42.8 Å². The summed E-state index contributed by atoms with van der Waals surface area (Å²) in [6.45, 7) is 2.29. The Morgan fingerprint density at radius 3 is 1.73 bits per heavy atom. The molecular weight excluding hydrogens is 126 g/mol. The van der Waals surface area contributed by atoms with E-state index in [0.29, 0.717) is 0 Å². The SMILES string of the molecule is CCCCCCC[O-].[CH3-].[Li+].[Li+]. The van der Waals surface area contributed by atoms with Gasteiger partial charge < -0.3 is 12.5 Å². The zero-order valence-electron chi connectivity index (χ0n) is 8.65. The minimum absolute atomic E-state index is 0. The predicted molar refractivity (Wildman–Crippen MR) is 40.0 cm³/mol. The van der Waals surface area contributed by atoms with Crippen LogP contribution in [-0.4, -0.2) is 6.61 Å². The van der Waals surface area contributed by atoms with Crippen molar-refractivity contribution in [3.63, 3.8) is 0 Å². The average Bonchev–Trinajstić information content (AvgIpc) is 1.81. The summed E-state index contributed by atoms with van der Waals surface area (Å²) < 4.78 is 0. The van der Waals surface area contributed by atoms with Crippen LogP contribution in [0.1, 0.15) is 39.0 Å². The molecule has 0 spiro atoms. The largest absolute Gasteiger partial charge is 1.00 e. The first kappa shape index (κ1) is 22.7. The first-order valence-corrected chi connectivity index (χ1v) is 3.50. The van der Waals surface area contributed by atoms with Crippen LogP contribution in [0.25, 0.3) is 0 Å². The molecule has 0 aliphatic rings. The standard InChI is InChI=1S/C7H15O.CH3.2Li/c1-2-3-4-5-6-7-8;;;/h2-7H2,1H3;1H3;;/q2*-1;2*+1. The van der Waals surface area contributed by atoms with Gasteiger partial charge in [-0.2, -0.15) is 0 Å². The molecule has 0 fully saturated rings. The van der Waals surface area contributed by atoms with Crippen LogP contribution >= 0.6 is 0 Å². The van der Waals surface area contributed by atoms with E-state index in [0.717, 1.165) is 12.8 Å². The summed E-state index contributed by atoms with van der Waals surface area (Å²) in [5.41, 5.74) is 0. The number of unbranched alkanes of at least 4 members (excludes halogenated alkanes) is 4. The van der Waals surface area contributed by atoms with Gasteiger partial charge >= 0.3 is 37.7 Å². The van der Waals surface area contributed by atoms with Crippen molar-refractivity contribution in [3.8, 4) is 0 Å². The van der Waals surface area contributed by atoms with Crippen molar-refractivity contribution in [1.29, 1.82) is 0 Å². The molecule has 0 bridgehead atoms. The van der Waals surface area contributed by atoms with E-state index in [-0.39, 0.29) is 51.8 Å². The molecule has 0 N–H and O–H groups in total. The van der Waals surface area contributed by atoms with Gasteiger partial charge in [0.15, 0.2) is 0 Å². The van der Waals surface area contributed by atoms with E-state index < -0.39 is 0 Å². The Balaban J connectivity index is -0.0000000817. The fraction of sp³-hybridized carbons (Fsp3) is 0.875. The zero-order valence-corrected chi connectivity index (χ0v) is 8.65. The van der Waals surface area contributed by atoms with E-state index >= 15 is 0 Å². The minimum Gasteiger partial charge on any atom is -0.854 e. The van der Waals surface area contributed by atoms with Crippen molar-refractivity contribution in [1.82, 2.24) is 0 Å². The number of hydrogen-bond donors (Lipinski definition) is 0. The second-order valence-electron chi connectivity index (χ2n) is 2.12. The van der Waals surface area contributed by atoms with E-state index in [1.54, 1.807) is 0 Å². The van der Waals surface area contributed by atoms with Crippen molar-refractivity contribution in [2.24, 2.45) is 0 Å². The topological polar surface area (TPSA) is 23.1 Å². The quantitative estimate of drug-likeness (QED) is 0.218. The molecule has 0 radical (unpaired) electrons. The normalized spacial score (nSPS) is 7.09. The zero-order chi connectivity index (χ0) is 6.24. The second kappa shape index (κ2) is 22.5. The van der Waals surface area contributed by atoms with Crippen LogP contribution in [0, 0.1) is 7.43 Å². The summed E-state index contributed by atoms with van der Waals surface area (Å²) in [7, 11) is 0. The third-order valence-corrected chi connectivity index (χ3v) is 1.25. The van der Waals surface area contributed by atoms with E-state index in [2.05, 4.69) is 6.92 Å². The Morgan fingerprint density at radius 1 is 0.909 bits per heavy atom. The molecular formula is C8H18Li2O. The van der Waals surface area contributed by atoms with Gasteiger partial charge in [-0.05, 0) is 0 Å². The summed E-state index contributed by atoms with van der Waals surface area (Å²) in [6.07, 6.45) is 5.81. The molecule has 0 rings (SSSR count). The summed E-state index contributed by atoms with van der Waals surface area (Å²) in [4.78, 5) is 0. The van der Waals surface area contributed by atoms with Gasteiger partial charge in [-0.3, -0.25) is 0 Å². The van der Waals surface area contributed by atoms with Crippen molar-refractivity contribution in [3.05, 3.63) is 7.43 Å². The van der Waals surface area contributed by atoms with Crippen LogP contribution in [0.5, 0.6) is 0 Å². The summed E-state index contributed by atoms with van der Waals surface area (Å²) >= 11 is 0. The van der Waals surface area contributed by atoms with Crippen molar-refractivity contribution in [2.75, 3.05) is 6.61 Å². The Labute approximate surface area is 95.7 Å². The first-order valence-electron chi connectivity index (χ1n) is 3.50. The summed E-state index contributed by atoms with van der Waals surface area (Å²) in [6, 6.07) is 0. The van der Waals surface area contributed by atoms with Crippen LogP contribution in [0.3, 0.4) is 0 Å². The van der Waals surface area contributed by atoms with Gasteiger partial charge in [0.1, 0.15) is 0 Å². The third kappa shape index (κ3) is 24.7. The molecule has 58 valence electrons. The summed E-state index contributed by atoms with van der Waals surface area (Å²) in [5.74, 6) is 0. The Morgan fingerprint density at radius 2 is 1.36 bits per heavy atom. The van der Waals surface area contributed by atoms with Crippen LogP contribution in [0.4, 0.5) is 0 Å². The molecule has 0 aliphatic heterocycles. The molecule has 0 unspecified atom stereocenters. The van der Waals surface area contributed by atoms with Gasteiger partial charge in [-0.15, -0.1) is 6.61 Å². The molecule has 0 aromatic heterocycles. The van der Waals surface area contributed by atoms with E-state index in [1.165, 1.54) is 19.3 Å². The Hall–Kier alpha value is 1.15. The van der Waals surface area contributed by atoms with E-state index in [4.69, 9.17) is 0 Å². The smallest absolute Gasteiger partial charge is 0.854 e. The molecule has 0 aromatic carbocycles. The monoisotopic (exact) mass is 144 g/mol. The van der Waals surface area contributed by atoms with Crippen LogP contribution in [0.2, 0.25) is 0 Å². The molecule has 11 heavy (non-hydrogen) atoms. The molecule has 0 aliphatic carbocycles. The molecule has 3 heteroatoms. The third-order valence-electron chi connectivity index (χ3n) is 1.25. The number of hydrogen-bond acceptors (Lipinski definition) is 1. The van der Waals surface area contributed by atoms with E-state index in [1.807, 2.05) is 0 Å². The Kier molecular flexibility index (Phi) is 46.5. The van der Waals surface area contributed by atoms with E-state index in [9.17, 15) is 5.11 Å². The fourth-order valence-electron chi connectivity index (χ4n) is 0.706. The molecule has 0 amide bonds. The molecule has 0 saturated heterocycles. The van der Waals surface area contributed by atoms with Crippen LogP contribution in [0.15, 0.2) is 0 Å². The first-order chi connectivity index (χ1) is 3.91. The van der Waals surface area contributed by atoms with Gasteiger partial charge in [0, 0.05) is 0 Å². The minimum atomic E-state index is 0. The van der Waals surface area contributed by atoms with Crippen LogP contribution < -0.4 is 42.8 Å². The Bertz CT molecular complexity index is 37.1. The maximum Gasteiger partial charge on any atom is 1.00 e. The van der Waals surface area contributed by atoms with Crippen molar-refractivity contribution >= 4 is 0 Å². The molecule has 1 nitrogen and oxygen atoms in total. The van der Waals surface area contributed by atoms with Gasteiger partial charge in [0.25, 0.3) is 0 Å². The van der Waals surface area contributed by atoms with Crippen LogP contribution in [-0.2, 0) is 0 Å².